The van der Waals surface area contributed by atoms with Gasteiger partial charge in [0.1, 0.15) is 4.21 Å². The normalized spacial score (nSPS) is 11.5. The van der Waals surface area contributed by atoms with E-state index < -0.39 is 15.0 Å². The van der Waals surface area contributed by atoms with Crippen LogP contribution < -0.4 is 0 Å². The molecule has 1 heterocycles. The predicted octanol–water partition coefficient (Wildman–Crippen LogP) is 1.72. The molecule has 0 aromatic carbocycles. The maximum atomic E-state index is 11.1. The molecule has 1 aromatic heterocycles. The van der Waals surface area contributed by atoms with Crippen LogP contribution in [0.4, 0.5) is 0 Å². The van der Waals surface area contributed by atoms with Crippen molar-refractivity contribution in [2.75, 3.05) is 0 Å². The van der Waals surface area contributed by atoms with Crippen LogP contribution in [0.1, 0.15) is 6.92 Å². The van der Waals surface area contributed by atoms with Crippen LogP contribution in [0.15, 0.2) is 16.3 Å². The summed E-state index contributed by atoms with van der Waals surface area (Å²) in [5.74, 6) is 0. The second kappa shape index (κ2) is 3.16. The first-order valence-electron chi connectivity index (χ1n) is 2.95. The molecular formula is C6H5ClO3S2. The minimum Gasteiger partial charge on any atom is -0.282 e. The van der Waals surface area contributed by atoms with Gasteiger partial charge >= 0.3 is 0 Å². The Balaban J connectivity index is 3.24. The Morgan fingerprint density at radius 3 is 2.42 bits per heavy atom. The summed E-state index contributed by atoms with van der Waals surface area (Å²) in [6, 6.07) is 2.77. The van der Waals surface area contributed by atoms with Crippen molar-refractivity contribution in [1.82, 2.24) is 0 Å². The first kappa shape index (κ1) is 9.70. The highest BCUT2D eigenvalue weighted by atomic mass is 35.5. The van der Waals surface area contributed by atoms with Crippen molar-refractivity contribution in [2.45, 2.75) is 11.1 Å². The molecule has 12 heavy (non-hydrogen) atoms. The third kappa shape index (κ3) is 1.68. The van der Waals surface area contributed by atoms with Gasteiger partial charge in [-0.25, -0.2) is 8.42 Å². The number of hydrogen-bond donors (Lipinski definition) is 0. The molecule has 0 saturated heterocycles. The molecule has 6 heteroatoms. The summed E-state index contributed by atoms with van der Waals surface area (Å²) in [6.07, 6.45) is 0. The van der Waals surface area contributed by atoms with Crippen molar-refractivity contribution in [3.8, 4) is 0 Å². The van der Waals surface area contributed by atoms with Crippen LogP contribution in [0.25, 0.3) is 0 Å². The molecule has 0 saturated carbocycles. The van der Waals surface area contributed by atoms with Gasteiger partial charge in [-0.1, -0.05) is 11.6 Å². The molecule has 0 unspecified atom stereocenters. The van der Waals surface area contributed by atoms with Crippen LogP contribution in [0.3, 0.4) is 0 Å². The molecule has 0 amide bonds. The Bertz CT molecular complexity index is 404. The highest BCUT2D eigenvalue weighted by molar-refractivity contribution is 8.07. The Morgan fingerprint density at radius 2 is 2.08 bits per heavy atom. The number of hydrogen-bond acceptors (Lipinski definition) is 4. The first-order valence-corrected chi connectivity index (χ1v) is 5.63. The van der Waals surface area contributed by atoms with Gasteiger partial charge in [-0.15, -0.1) is 11.3 Å². The highest BCUT2D eigenvalue weighted by Gasteiger charge is 2.21. The molecule has 0 radical (unpaired) electrons. The predicted molar refractivity (Wildman–Crippen MR) is 47.2 cm³/mol. The fourth-order valence-electron chi connectivity index (χ4n) is 0.584. The van der Waals surface area contributed by atoms with Gasteiger partial charge in [-0.05, 0) is 12.1 Å². The largest absolute Gasteiger partial charge is 0.282 e. The maximum absolute atomic E-state index is 11.1. The van der Waals surface area contributed by atoms with Crippen molar-refractivity contribution in [3.63, 3.8) is 0 Å². The average molecular weight is 225 g/mol. The second-order valence-corrected chi connectivity index (χ2v) is 6.05. The fourth-order valence-corrected chi connectivity index (χ4v) is 3.09. The number of halogens is 1. The lowest BCUT2D eigenvalue weighted by Gasteiger charge is -1.92. The molecule has 1 rings (SSSR count). The van der Waals surface area contributed by atoms with E-state index in [0.29, 0.717) is 4.34 Å². The molecule has 0 N–H and O–H groups in total. The van der Waals surface area contributed by atoms with E-state index in [1.807, 2.05) is 0 Å². The minimum absolute atomic E-state index is 0.000000000000000666. The zero-order valence-electron chi connectivity index (χ0n) is 6.07. The van der Waals surface area contributed by atoms with E-state index in [4.69, 9.17) is 11.6 Å². The minimum atomic E-state index is -3.76. The fraction of sp³-hybridized carbons (Fsp3) is 0.167. The van der Waals surface area contributed by atoms with Crippen molar-refractivity contribution in [2.24, 2.45) is 0 Å². The Morgan fingerprint density at radius 1 is 1.50 bits per heavy atom. The van der Waals surface area contributed by atoms with E-state index >= 15 is 0 Å². The number of carbonyl (C=O) groups is 1. The summed E-state index contributed by atoms with van der Waals surface area (Å²) in [6.45, 7) is 1.02. The zero-order valence-corrected chi connectivity index (χ0v) is 8.46. The van der Waals surface area contributed by atoms with Gasteiger partial charge in [0.2, 0.25) is 15.0 Å². The van der Waals surface area contributed by atoms with E-state index in [2.05, 4.69) is 0 Å². The number of rotatable bonds is 1. The quantitative estimate of drug-likeness (QED) is 0.730. The molecule has 0 aliphatic heterocycles. The molecule has 0 aliphatic rings. The van der Waals surface area contributed by atoms with Crippen LogP contribution in [-0.2, 0) is 14.6 Å². The summed E-state index contributed by atoms with van der Waals surface area (Å²) in [4.78, 5) is 10.7. The SMILES string of the molecule is CC(=O)S(=O)(=O)c1ccc(Cl)s1. The van der Waals surface area contributed by atoms with Crippen molar-refractivity contribution >= 4 is 37.9 Å². The van der Waals surface area contributed by atoms with Crippen molar-refractivity contribution in [3.05, 3.63) is 16.5 Å². The molecular weight excluding hydrogens is 220 g/mol. The lowest BCUT2D eigenvalue weighted by atomic mass is 10.7. The molecule has 0 aliphatic carbocycles. The first-order chi connectivity index (χ1) is 5.44. The van der Waals surface area contributed by atoms with Crippen LogP contribution in [0.2, 0.25) is 4.34 Å². The van der Waals surface area contributed by atoms with E-state index in [-0.39, 0.29) is 4.21 Å². The van der Waals surface area contributed by atoms with Gasteiger partial charge in [0.25, 0.3) is 0 Å². The average Bonchev–Trinajstić information content (AvgIpc) is 2.35. The summed E-state index contributed by atoms with van der Waals surface area (Å²) in [5, 5.41) is -0.860. The van der Waals surface area contributed by atoms with Gasteiger partial charge in [0, 0.05) is 6.92 Å². The Hall–Kier alpha value is -0.390. The summed E-state index contributed by atoms with van der Waals surface area (Å²) < 4.78 is 22.7. The third-order valence-corrected chi connectivity index (χ3v) is 4.55. The zero-order chi connectivity index (χ0) is 9.35. The molecule has 3 nitrogen and oxygen atoms in total. The monoisotopic (exact) mass is 224 g/mol. The topological polar surface area (TPSA) is 51.2 Å². The second-order valence-electron chi connectivity index (χ2n) is 2.05. The smallest absolute Gasteiger partial charge is 0.249 e. The number of sulfone groups is 1. The molecule has 66 valence electrons. The van der Waals surface area contributed by atoms with Gasteiger partial charge in [0.15, 0.2) is 0 Å². The third-order valence-electron chi connectivity index (χ3n) is 1.19. The van der Waals surface area contributed by atoms with Crippen molar-refractivity contribution < 1.29 is 13.2 Å². The van der Waals surface area contributed by atoms with Gasteiger partial charge < -0.3 is 0 Å². The van der Waals surface area contributed by atoms with Crippen LogP contribution in [0.5, 0.6) is 0 Å². The van der Waals surface area contributed by atoms with E-state index in [0.717, 1.165) is 18.3 Å². The van der Waals surface area contributed by atoms with Gasteiger partial charge in [0.05, 0.1) is 4.34 Å². The number of thiophene rings is 1. The molecule has 0 fully saturated rings. The van der Waals surface area contributed by atoms with E-state index in [1.165, 1.54) is 12.1 Å². The lowest BCUT2D eigenvalue weighted by Crippen LogP contribution is -2.08. The maximum Gasteiger partial charge on any atom is 0.249 e. The van der Waals surface area contributed by atoms with Crippen LogP contribution in [0, 0.1) is 0 Å². The van der Waals surface area contributed by atoms with E-state index in [9.17, 15) is 13.2 Å². The molecule has 1 aromatic rings. The van der Waals surface area contributed by atoms with Gasteiger partial charge in [-0.2, -0.15) is 0 Å². The Labute approximate surface area is 78.9 Å². The summed E-state index contributed by atoms with van der Waals surface area (Å²) in [5.41, 5.74) is 0. The van der Waals surface area contributed by atoms with Gasteiger partial charge in [-0.3, -0.25) is 4.79 Å². The van der Waals surface area contributed by atoms with Crippen LogP contribution in [-0.4, -0.2) is 13.5 Å². The number of carbonyl (C=O) groups excluding carboxylic acids is 1. The highest BCUT2D eigenvalue weighted by Crippen LogP contribution is 2.26. The van der Waals surface area contributed by atoms with Crippen molar-refractivity contribution in [1.29, 1.82) is 0 Å². The lowest BCUT2D eigenvalue weighted by molar-refractivity contribution is -0.109. The van der Waals surface area contributed by atoms with Crippen LogP contribution >= 0.6 is 22.9 Å². The van der Waals surface area contributed by atoms with E-state index in [1.54, 1.807) is 0 Å². The summed E-state index contributed by atoms with van der Waals surface area (Å²) >= 11 is 6.39. The summed E-state index contributed by atoms with van der Waals surface area (Å²) in [7, 11) is -3.76. The molecule has 0 bridgehead atoms. The Kier molecular flexibility index (Phi) is 2.55. The molecule has 0 atom stereocenters. The molecule has 0 spiro atoms. The standard InChI is InChI=1S/C6H5ClO3S2/c1-4(8)12(9,10)6-3-2-5(7)11-6/h2-3H,1H3.